The van der Waals surface area contributed by atoms with E-state index in [4.69, 9.17) is 0 Å². The molecule has 1 N–H and O–H groups in total. The van der Waals surface area contributed by atoms with E-state index in [9.17, 15) is 5.11 Å². The maximum atomic E-state index is 9.83. The smallest absolute Gasteiger partial charge is 0.115 e. The molecule has 1 heterocycles. The number of likely N-dealkylation sites (tertiary alicyclic amines) is 1. The molecule has 1 aromatic rings. The van der Waals surface area contributed by atoms with Gasteiger partial charge in [-0.15, -0.1) is 5.92 Å². The van der Waals surface area contributed by atoms with Crippen molar-refractivity contribution in [3.8, 4) is 17.6 Å². The van der Waals surface area contributed by atoms with E-state index >= 15 is 0 Å². The van der Waals surface area contributed by atoms with Gasteiger partial charge in [0.2, 0.25) is 0 Å². The Kier molecular flexibility index (Phi) is 3.26. The Balaban J connectivity index is 2.01. The molecule has 3 atom stereocenters. The normalized spacial score (nSPS) is 32.1. The zero-order valence-electron chi connectivity index (χ0n) is 12.6. The summed E-state index contributed by atoms with van der Waals surface area (Å²) in [6.07, 6.45) is 2.23. The first-order chi connectivity index (χ1) is 9.56. The summed E-state index contributed by atoms with van der Waals surface area (Å²) in [5.41, 5.74) is 2.96. The van der Waals surface area contributed by atoms with Gasteiger partial charge in [0, 0.05) is 12.6 Å². The molecule has 0 saturated carbocycles. The average molecular weight is 269 g/mol. The second-order valence-electron chi connectivity index (χ2n) is 6.47. The molecule has 2 aliphatic rings. The molecule has 1 aliphatic heterocycles. The highest BCUT2D eigenvalue weighted by atomic mass is 16.3. The minimum atomic E-state index is 0.188. The van der Waals surface area contributed by atoms with Crippen LogP contribution in [0.5, 0.6) is 5.75 Å². The third kappa shape index (κ3) is 1.93. The van der Waals surface area contributed by atoms with Crippen LogP contribution in [0.2, 0.25) is 0 Å². The van der Waals surface area contributed by atoms with Crippen molar-refractivity contribution in [3.63, 3.8) is 0 Å². The summed E-state index contributed by atoms with van der Waals surface area (Å²) in [6, 6.07) is 6.50. The van der Waals surface area contributed by atoms with Crippen LogP contribution in [0.25, 0.3) is 0 Å². The highest BCUT2D eigenvalue weighted by molar-refractivity contribution is 5.44. The molecule has 1 saturated heterocycles. The lowest BCUT2D eigenvalue weighted by Crippen LogP contribution is -2.57. The van der Waals surface area contributed by atoms with Gasteiger partial charge in [0.15, 0.2) is 0 Å². The molecule has 1 aromatic carbocycles. The number of rotatable bonds is 1. The summed E-state index contributed by atoms with van der Waals surface area (Å²) < 4.78 is 0. The van der Waals surface area contributed by atoms with E-state index in [0.29, 0.717) is 17.7 Å². The van der Waals surface area contributed by atoms with Crippen molar-refractivity contribution in [2.45, 2.75) is 45.1 Å². The van der Waals surface area contributed by atoms with Gasteiger partial charge in [0.05, 0.1) is 6.54 Å². The van der Waals surface area contributed by atoms with Crippen LogP contribution in [0.4, 0.5) is 0 Å². The van der Waals surface area contributed by atoms with Crippen LogP contribution in [-0.2, 0) is 11.8 Å². The third-order valence-corrected chi connectivity index (χ3v) is 5.57. The fourth-order valence-corrected chi connectivity index (χ4v) is 4.07. The summed E-state index contributed by atoms with van der Waals surface area (Å²) in [4.78, 5) is 2.54. The lowest BCUT2D eigenvalue weighted by Gasteiger charge is -2.54. The van der Waals surface area contributed by atoms with E-state index < -0.39 is 0 Å². The van der Waals surface area contributed by atoms with E-state index in [1.54, 1.807) is 0 Å². The van der Waals surface area contributed by atoms with E-state index in [1.165, 1.54) is 11.1 Å². The van der Waals surface area contributed by atoms with Gasteiger partial charge in [-0.3, -0.25) is 4.90 Å². The Hall–Kier alpha value is -1.46. The molecule has 2 bridgehead atoms. The summed E-state index contributed by atoms with van der Waals surface area (Å²) in [5.74, 6) is 7.24. The van der Waals surface area contributed by atoms with Gasteiger partial charge >= 0.3 is 0 Å². The van der Waals surface area contributed by atoms with Crippen molar-refractivity contribution >= 4 is 0 Å². The average Bonchev–Trinajstić information content (AvgIpc) is 2.43. The van der Waals surface area contributed by atoms with Crippen LogP contribution in [0.1, 0.15) is 38.3 Å². The Morgan fingerprint density at radius 1 is 1.45 bits per heavy atom. The molecule has 1 aliphatic carbocycles. The standard InChI is InChI=1S/C18H23NO/c1-4-5-9-19-10-8-18(3)13(2)17(19)11-14-6-7-15(20)12-16(14)18/h6-7,12-13,17,20H,8-11H2,1-3H3/t13-,17+,18+/m0/s1. The SMILES string of the molecule is CC#CCN1CC[C@@]2(C)c3cc(O)ccc3C[C@@H]1[C@@H]2C. The van der Waals surface area contributed by atoms with Crippen molar-refractivity contribution in [2.75, 3.05) is 13.1 Å². The van der Waals surface area contributed by atoms with Crippen molar-refractivity contribution in [3.05, 3.63) is 29.3 Å². The highest BCUT2D eigenvalue weighted by Gasteiger charge is 2.48. The molecule has 0 aromatic heterocycles. The highest BCUT2D eigenvalue weighted by Crippen LogP contribution is 2.49. The van der Waals surface area contributed by atoms with Crippen LogP contribution in [0.3, 0.4) is 0 Å². The maximum Gasteiger partial charge on any atom is 0.115 e. The molecular weight excluding hydrogens is 246 g/mol. The van der Waals surface area contributed by atoms with Crippen LogP contribution in [-0.4, -0.2) is 29.1 Å². The summed E-state index contributed by atoms with van der Waals surface area (Å²) in [6.45, 7) is 8.63. The first kappa shape index (κ1) is 13.5. The first-order valence-electron chi connectivity index (χ1n) is 7.52. The lowest BCUT2D eigenvalue weighted by atomic mass is 9.59. The molecule has 2 nitrogen and oxygen atoms in total. The van der Waals surface area contributed by atoms with Crippen molar-refractivity contribution in [2.24, 2.45) is 5.92 Å². The van der Waals surface area contributed by atoms with Crippen LogP contribution >= 0.6 is 0 Å². The number of hydrogen-bond acceptors (Lipinski definition) is 2. The molecule has 0 unspecified atom stereocenters. The Morgan fingerprint density at radius 3 is 3.00 bits per heavy atom. The molecule has 1 fully saturated rings. The number of fused-ring (bicyclic) bond motifs is 4. The van der Waals surface area contributed by atoms with E-state index in [2.05, 4.69) is 36.7 Å². The van der Waals surface area contributed by atoms with Gasteiger partial charge in [-0.25, -0.2) is 0 Å². The number of benzene rings is 1. The van der Waals surface area contributed by atoms with Crippen molar-refractivity contribution < 1.29 is 5.11 Å². The zero-order chi connectivity index (χ0) is 14.3. The van der Waals surface area contributed by atoms with Gasteiger partial charge in [0.1, 0.15) is 5.75 Å². The van der Waals surface area contributed by atoms with E-state index in [1.807, 2.05) is 19.1 Å². The summed E-state index contributed by atoms with van der Waals surface area (Å²) >= 11 is 0. The lowest BCUT2D eigenvalue weighted by molar-refractivity contribution is 0.0412. The van der Waals surface area contributed by atoms with Gasteiger partial charge in [-0.05, 0) is 54.4 Å². The molecular formula is C18H23NO. The third-order valence-electron chi connectivity index (χ3n) is 5.57. The van der Waals surface area contributed by atoms with Crippen molar-refractivity contribution in [1.29, 1.82) is 0 Å². The Morgan fingerprint density at radius 2 is 2.25 bits per heavy atom. The fourth-order valence-electron chi connectivity index (χ4n) is 4.07. The summed E-state index contributed by atoms with van der Waals surface area (Å²) in [7, 11) is 0. The largest absolute Gasteiger partial charge is 0.508 e. The van der Waals surface area contributed by atoms with Gasteiger partial charge in [-0.1, -0.05) is 25.8 Å². The van der Waals surface area contributed by atoms with Crippen LogP contribution in [0.15, 0.2) is 18.2 Å². The van der Waals surface area contributed by atoms with Crippen LogP contribution in [0, 0.1) is 17.8 Å². The van der Waals surface area contributed by atoms with Gasteiger partial charge in [-0.2, -0.15) is 0 Å². The number of piperidine rings is 1. The monoisotopic (exact) mass is 269 g/mol. The second kappa shape index (κ2) is 4.82. The Labute approximate surface area is 121 Å². The van der Waals surface area contributed by atoms with E-state index in [-0.39, 0.29) is 5.41 Å². The van der Waals surface area contributed by atoms with Gasteiger partial charge < -0.3 is 5.11 Å². The number of hydrogen-bond donors (Lipinski definition) is 1. The second-order valence-corrected chi connectivity index (χ2v) is 6.47. The van der Waals surface area contributed by atoms with Gasteiger partial charge in [0.25, 0.3) is 0 Å². The predicted molar refractivity (Wildman–Crippen MR) is 81.8 cm³/mol. The minimum absolute atomic E-state index is 0.188. The zero-order valence-corrected chi connectivity index (χ0v) is 12.6. The quantitative estimate of drug-likeness (QED) is 0.792. The molecule has 0 radical (unpaired) electrons. The summed E-state index contributed by atoms with van der Waals surface area (Å²) in [5, 5.41) is 9.83. The molecule has 2 heteroatoms. The van der Waals surface area contributed by atoms with Crippen molar-refractivity contribution in [1.82, 2.24) is 4.90 Å². The number of phenols is 1. The minimum Gasteiger partial charge on any atom is -0.508 e. The number of aromatic hydroxyl groups is 1. The molecule has 0 spiro atoms. The molecule has 106 valence electrons. The number of nitrogens with zero attached hydrogens (tertiary/aromatic N) is 1. The van der Waals surface area contributed by atoms with E-state index in [0.717, 1.165) is 25.9 Å². The maximum absolute atomic E-state index is 9.83. The molecule has 20 heavy (non-hydrogen) atoms. The van der Waals surface area contributed by atoms with Crippen LogP contribution < -0.4 is 0 Å². The predicted octanol–water partition coefficient (Wildman–Crippen LogP) is 2.94. The Bertz CT molecular complexity index is 583. The number of phenolic OH excluding ortho intramolecular Hbond substituents is 1. The fraction of sp³-hybridized carbons (Fsp3) is 0.556. The topological polar surface area (TPSA) is 23.5 Å². The first-order valence-corrected chi connectivity index (χ1v) is 7.52. The molecule has 3 rings (SSSR count). The molecule has 0 amide bonds.